The standard InChI is InChI=1S/C14H17F3N2OS/c15-14(16,17)21(18,20)12-4-2-1-3-11(12)5-10-6-13(7-10)8-19-9-13/h1-4,10,18-19H,5-9H2. The van der Waals surface area contributed by atoms with E-state index in [1.165, 1.54) is 12.1 Å². The van der Waals surface area contributed by atoms with Gasteiger partial charge in [0, 0.05) is 13.1 Å². The van der Waals surface area contributed by atoms with Gasteiger partial charge in [-0.25, -0.2) is 8.99 Å². The largest absolute Gasteiger partial charge is 0.483 e. The summed E-state index contributed by atoms with van der Waals surface area (Å²) in [4.78, 5) is -0.370. The van der Waals surface area contributed by atoms with E-state index in [-0.39, 0.29) is 4.90 Å². The van der Waals surface area contributed by atoms with E-state index in [9.17, 15) is 17.4 Å². The SMILES string of the molecule is N=S(=O)(c1ccccc1CC1CC2(CNC2)C1)C(F)(F)F. The Bertz CT molecular complexity index is 642. The number of rotatable bonds is 3. The van der Waals surface area contributed by atoms with Crippen molar-refractivity contribution in [1.82, 2.24) is 5.32 Å². The molecule has 3 rings (SSSR count). The molecule has 116 valence electrons. The van der Waals surface area contributed by atoms with Crippen molar-refractivity contribution in [2.24, 2.45) is 11.3 Å². The van der Waals surface area contributed by atoms with Gasteiger partial charge in [0.1, 0.15) is 0 Å². The lowest BCUT2D eigenvalue weighted by Crippen LogP contribution is -2.60. The molecule has 1 saturated heterocycles. The summed E-state index contributed by atoms with van der Waals surface area (Å²) in [7, 11) is -4.77. The van der Waals surface area contributed by atoms with Crippen molar-refractivity contribution < 1.29 is 17.4 Å². The molecule has 7 heteroatoms. The predicted molar refractivity (Wildman–Crippen MR) is 73.4 cm³/mol. The first-order valence-corrected chi connectivity index (χ1v) is 8.43. The number of hydrogen-bond donors (Lipinski definition) is 2. The molecule has 2 fully saturated rings. The molecular weight excluding hydrogens is 301 g/mol. The molecule has 3 nitrogen and oxygen atoms in total. The summed E-state index contributed by atoms with van der Waals surface area (Å²) in [6.45, 7) is 1.98. The van der Waals surface area contributed by atoms with Gasteiger partial charge in [0.05, 0.1) is 4.90 Å². The number of nitrogens with one attached hydrogen (secondary N) is 2. The summed E-state index contributed by atoms with van der Waals surface area (Å²) in [5, 5.41) is 3.22. The van der Waals surface area contributed by atoms with Crippen LogP contribution < -0.4 is 5.32 Å². The summed E-state index contributed by atoms with van der Waals surface area (Å²) in [5.74, 6) is 0.330. The molecule has 1 atom stereocenters. The van der Waals surface area contributed by atoms with Crippen LogP contribution in [-0.2, 0) is 16.1 Å². The number of benzene rings is 1. The lowest BCUT2D eigenvalue weighted by atomic mass is 9.57. The Morgan fingerprint density at radius 2 is 1.90 bits per heavy atom. The molecule has 2 aliphatic rings. The average Bonchev–Trinajstić information content (AvgIpc) is 2.29. The van der Waals surface area contributed by atoms with E-state index in [2.05, 4.69) is 5.32 Å². The van der Waals surface area contributed by atoms with E-state index >= 15 is 0 Å². The smallest absolute Gasteiger partial charge is 0.316 e. The lowest BCUT2D eigenvalue weighted by Gasteiger charge is -2.54. The third kappa shape index (κ3) is 2.46. The van der Waals surface area contributed by atoms with Gasteiger partial charge in [-0.3, -0.25) is 0 Å². The van der Waals surface area contributed by atoms with Gasteiger partial charge in [-0.1, -0.05) is 18.2 Å². The van der Waals surface area contributed by atoms with Crippen LogP contribution in [0.1, 0.15) is 18.4 Å². The van der Waals surface area contributed by atoms with Crippen LogP contribution in [0.5, 0.6) is 0 Å². The van der Waals surface area contributed by atoms with Gasteiger partial charge in [0.15, 0.2) is 9.73 Å². The molecule has 0 radical (unpaired) electrons. The van der Waals surface area contributed by atoms with Crippen LogP contribution in [-0.4, -0.2) is 22.8 Å². The minimum atomic E-state index is -5.03. The first-order valence-electron chi connectivity index (χ1n) is 6.87. The van der Waals surface area contributed by atoms with Gasteiger partial charge in [-0.2, -0.15) is 13.2 Å². The molecule has 1 aromatic rings. The fourth-order valence-corrected chi connectivity index (χ4v) is 4.51. The maximum Gasteiger partial charge on any atom is 0.483 e. The zero-order valence-corrected chi connectivity index (χ0v) is 12.2. The molecule has 1 unspecified atom stereocenters. The van der Waals surface area contributed by atoms with Gasteiger partial charge in [0.2, 0.25) is 0 Å². The molecular formula is C14H17F3N2OS. The lowest BCUT2D eigenvalue weighted by molar-refractivity contribution is -0.0408. The summed E-state index contributed by atoms with van der Waals surface area (Å²) < 4.78 is 57.7. The number of halogens is 3. The molecule has 0 amide bonds. The molecule has 1 saturated carbocycles. The fourth-order valence-electron chi connectivity index (χ4n) is 3.47. The summed E-state index contributed by atoms with van der Waals surface area (Å²) in [6, 6.07) is 5.80. The third-order valence-electron chi connectivity index (χ3n) is 4.56. The van der Waals surface area contributed by atoms with Crippen molar-refractivity contribution in [3.63, 3.8) is 0 Å². The van der Waals surface area contributed by atoms with Crippen molar-refractivity contribution in [3.05, 3.63) is 29.8 Å². The molecule has 1 aromatic carbocycles. The Hall–Kier alpha value is -1.08. The van der Waals surface area contributed by atoms with Crippen LogP contribution in [0.3, 0.4) is 0 Å². The van der Waals surface area contributed by atoms with Crippen molar-refractivity contribution in [3.8, 4) is 0 Å². The molecule has 1 aliphatic carbocycles. The Kier molecular flexibility index (Phi) is 3.33. The van der Waals surface area contributed by atoms with Gasteiger partial charge < -0.3 is 5.32 Å². The van der Waals surface area contributed by atoms with Crippen molar-refractivity contribution in [2.75, 3.05) is 13.1 Å². The third-order valence-corrected chi connectivity index (χ3v) is 6.23. The molecule has 0 bridgehead atoms. The highest BCUT2D eigenvalue weighted by atomic mass is 32.2. The second-order valence-electron chi connectivity index (χ2n) is 6.19. The quantitative estimate of drug-likeness (QED) is 0.899. The molecule has 0 aromatic heterocycles. The fraction of sp³-hybridized carbons (Fsp3) is 0.571. The van der Waals surface area contributed by atoms with E-state index < -0.39 is 15.2 Å². The van der Waals surface area contributed by atoms with Crippen LogP contribution in [0.15, 0.2) is 29.2 Å². The number of alkyl halides is 3. The zero-order chi connectivity index (χ0) is 15.3. The van der Waals surface area contributed by atoms with Crippen LogP contribution in [0.25, 0.3) is 0 Å². The summed E-state index contributed by atoms with van der Waals surface area (Å²) in [5.41, 5.74) is -4.27. The van der Waals surface area contributed by atoms with Crippen molar-refractivity contribution >= 4 is 9.73 Å². The number of hydrogen-bond acceptors (Lipinski definition) is 3. The van der Waals surface area contributed by atoms with E-state index in [1.54, 1.807) is 12.1 Å². The Morgan fingerprint density at radius 1 is 1.29 bits per heavy atom. The normalized spacial score (nSPS) is 24.1. The Labute approximate surface area is 121 Å². The first kappa shape index (κ1) is 14.8. The molecule has 21 heavy (non-hydrogen) atoms. The second kappa shape index (κ2) is 4.71. The highest BCUT2D eigenvalue weighted by molar-refractivity contribution is 7.93. The Morgan fingerprint density at radius 3 is 2.43 bits per heavy atom. The second-order valence-corrected chi connectivity index (χ2v) is 8.21. The van der Waals surface area contributed by atoms with Gasteiger partial charge in [-0.05, 0) is 42.2 Å². The van der Waals surface area contributed by atoms with Crippen molar-refractivity contribution in [2.45, 2.75) is 29.7 Å². The highest BCUT2D eigenvalue weighted by Crippen LogP contribution is 2.50. The predicted octanol–water partition coefficient (Wildman–Crippen LogP) is 3.15. The van der Waals surface area contributed by atoms with Gasteiger partial charge >= 0.3 is 5.51 Å². The summed E-state index contributed by atoms with van der Waals surface area (Å²) >= 11 is 0. The highest BCUT2D eigenvalue weighted by Gasteiger charge is 2.49. The maximum absolute atomic E-state index is 12.8. The van der Waals surface area contributed by atoms with Gasteiger partial charge in [-0.15, -0.1) is 0 Å². The van der Waals surface area contributed by atoms with Crippen LogP contribution in [0, 0.1) is 16.1 Å². The maximum atomic E-state index is 12.8. The molecule has 2 N–H and O–H groups in total. The van der Waals surface area contributed by atoms with Crippen LogP contribution >= 0.6 is 0 Å². The summed E-state index contributed by atoms with van der Waals surface area (Å²) in [6.07, 6.45) is 2.48. The minimum absolute atomic E-state index is 0.330. The van der Waals surface area contributed by atoms with E-state index in [1.807, 2.05) is 0 Å². The monoisotopic (exact) mass is 318 g/mol. The topological polar surface area (TPSA) is 53.0 Å². The Balaban J connectivity index is 1.81. The van der Waals surface area contributed by atoms with Gasteiger partial charge in [0.25, 0.3) is 0 Å². The zero-order valence-electron chi connectivity index (χ0n) is 11.4. The van der Waals surface area contributed by atoms with Crippen LogP contribution in [0.2, 0.25) is 0 Å². The molecule has 1 spiro atoms. The van der Waals surface area contributed by atoms with Crippen LogP contribution in [0.4, 0.5) is 13.2 Å². The first-order chi connectivity index (χ1) is 9.74. The van der Waals surface area contributed by atoms with E-state index in [4.69, 9.17) is 4.78 Å². The molecule has 1 aliphatic heterocycles. The minimum Gasteiger partial charge on any atom is -0.316 e. The van der Waals surface area contributed by atoms with E-state index in [0.29, 0.717) is 23.3 Å². The molecule has 1 heterocycles. The van der Waals surface area contributed by atoms with Crippen molar-refractivity contribution in [1.29, 1.82) is 4.78 Å². The average molecular weight is 318 g/mol. The van der Waals surface area contributed by atoms with E-state index in [0.717, 1.165) is 25.9 Å².